The van der Waals surface area contributed by atoms with E-state index in [-0.39, 0.29) is 15.4 Å². The number of carbonyl (C=O) groups is 1. The summed E-state index contributed by atoms with van der Waals surface area (Å²) in [4.78, 5) is 15.9. The summed E-state index contributed by atoms with van der Waals surface area (Å²) in [6.07, 6.45) is 0. The monoisotopic (exact) mass is 345 g/mol. The molecule has 3 aromatic rings. The molecule has 3 nitrogen and oxygen atoms in total. The van der Waals surface area contributed by atoms with Gasteiger partial charge in [0.05, 0.1) is 21.2 Å². The van der Waals surface area contributed by atoms with Crippen LogP contribution in [-0.2, 0) is 0 Å². The first-order valence-electron chi connectivity index (χ1n) is 6.15. The Balaban J connectivity index is 2.37. The Morgan fingerprint density at radius 3 is 2.52 bits per heavy atom. The molecule has 0 fully saturated rings. The number of aromatic carboxylic acids is 1. The third kappa shape index (κ3) is 2.40. The van der Waals surface area contributed by atoms with Gasteiger partial charge in [-0.05, 0) is 34.1 Å². The molecule has 104 valence electrons. The number of carboxylic acid groups (broad SMARTS) is 1. The highest BCUT2D eigenvalue weighted by atomic mass is 79.9. The average Bonchev–Trinajstić information content (AvgIpc) is 2.50. The maximum absolute atomic E-state index is 13.6. The first-order chi connectivity index (χ1) is 10.1. The van der Waals surface area contributed by atoms with E-state index in [1.165, 1.54) is 18.2 Å². The molecule has 1 aromatic heterocycles. The van der Waals surface area contributed by atoms with Crippen molar-refractivity contribution in [2.24, 2.45) is 0 Å². The molecule has 0 atom stereocenters. The van der Waals surface area contributed by atoms with Crippen LogP contribution in [0.15, 0.2) is 53.0 Å². The molecule has 0 unspecified atom stereocenters. The molecule has 0 saturated heterocycles. The largest absolute Gasteiger partial charge is 0.478 e. The van der Waals surface area contributed by atoms with E-state index in [2.05, 4.69) is 20.9 Å². The number of hydrogen-bond donors (Lipinski definition) is 1. The van der Waals surface area contributed by atoms with Gasteiger partial charge in [-0.1, -0.05) is 30.3 Å². The molecule has 21 heavy (non-hydrogen) atoms. The molecule has 0 aliphatic heterocycles. The molecule has 0 spiro atoms. The van der Waals surface area contributed by atoms with Gasteiger partial charge < -0.3 is 5.11 Å². The number of aromatic nitrogens is 1. The molecule has 2 aromatic carbocycles. The second-order valence-corrected chi connectivity index (χ2v) is 5.27. The van der Waals surface area contributed by atoms with Crippen LogP contribution in [0.4, 0.5) is 4.39 Å². The minimum absolute atomic E-state index is 0.0187. The molecule has 0 radical (unpaired) electrons. The Bertz CT molecular complexity index is 850. The van der Waals surface area contributed by atoms with Gasteiger partial charge in [0, 0.05) is 10.9 Å². The topological polar surface area (TPSA) is 50.2 Å². The molecule has 1 heterocycles. The molecule has 0 aliphatic rings. The van der Waals surface area contributed by atoms with Crippen LogP contribution >= 0.6 is 15.9 Å². The zero-order valence-electron chi connectivity index (χ0n) is 10.7. The molecular formula is C16H9BrFNO2. The number of halogens is 2. The number of carboxylic acids is 1. The zero-order valence-corrected chi connectivity index (χ0v) is 12.3. The van der Waals surface area contributed by atoms with Crippen molar-refractivity contribution in [2.45, 2.75) is 0 Å². The van der Waals surface area contributed by atoms with Crippen LogP contribution in [0.2, 0.25) is 0 Å². The van der Waals surface area contributed by atoms with Gasteiger partial charge in [-0.3, -0.25) is 0 Å². The fourth-order valence-corrected chi connectivity index (χ4v) is 2.74. The quantitative estimate of drug-likeness (QED) is 0.743. The number of hydrogen-bond acceptors (Lipinski definition) is 2. The molecule has 0 amide bonds. The third-order valence-corrected chi connectivity index (χ3v) is 3.94. The van der Waals surface area contributed by atoms with Crippen molar-refractivity contribution in [3.63, 3.8) is 0 Å². The van der Waals surface area contributed by atoms with E-state index in [4.69, 9.17) is 0 Å². The summed E-state index contributed by atoms with van der Waals surface area (Å²) in [7, 11) is 0. The van der Waals surface area contributed by atoms with Crippen molar-refractivity contribution in [3.8, 4) is 11.3 Å². The fraction of sp³-hybridized carbons (Fsp3) is 0. The molecule has 0 saturated carbocycles. The van der Waals surface area contributed by atoms with Crippen LogP contribution in [-0.4, -0.2) is 16.1 Å². The predicted molar refractivity (Wildman–Crippen MR) is 81.8 cm³/mol. The molecule has 0 bridgehead atoms. The van der Waals surface area contributed by atoms with E-state index in [1.807, 2.05) is 30.3 Å². The lowest BCUT2D eigenvalue weighted by Crippen LogP contribution is -2.01. The van der Waals surface area contributed by atoms with Gasteiger partial charge in [0.25, 0.3) is 0 Å². The summed E-state index contributed by atoms with van der Waals surface area (Å²) < 4.78 is 13.8. The van der Waals surface area contributed by atoms with Gasteiger partial charge in [0.1, 0.15) is 5.82 Å². The van der Waals surface area contributed by atoms with Crippen LogP contribution in [0.5, 0.6) is 0 Å². The van der Waals surface area contributed by atoms with Crippen LogP contribution in [0.1, 0.15) is 10.4 Å². The Morgan fingerprint density at radius 2 is 1.86 bits per heavy atom. The summed E-state index contributed by atoms with van der Waals surface area (Å²) in [5, 5.41) is 9.66. The minimum Gasteiger partial charge on any atom is -0.478 e. The minimum atomic E-state index is -1.12. The lowest BCUT2D eigenvalue weighted by atomic mass is 10.0. The number of pyridine rings is 1. The van der Waals surface area contributed by atoms with Crippen molar-refractivity contribution in [1.82, 2.24) is 4.98 Å². The van der Waals surface area contributed by atoms with E-state index in [1.54, 1.807) is 0 Å². The Hall–Kier alpha value is -2.27. The number of nitrogens with zero attached hydrogens (tertiary/aromatic N) is 1. The second kappa shape index (κ2) is 5.26. The summed E-state index contributed by atoms with van der Waals surface area (Å²) in [6, 6.07) is 13.5. The first-order valence-corrected chi connectivity index (χ1v) is 6.94. The van der Waals surface area contributed by atoms with Gasteiger partial charge in [0.15, 0.2) is 0 Å². The molecule has 0 aliphatic carbocycles. The second-order valence-electron chi connectivity index (χ2n) is 4.48. The van der Waals surface area contributed by atoms with Crippen LogP contribution in [0.3, 0.4) is 0 Å². The molecule has 1 N–H and O–H groups in total. The molecule has 5 heteroatoms. The maximum atomic E-state index is 13.6. The highest BCUT2D eigenvalue weighted by molar-refractivity contribution is 9.10. The van der Waals surface area contributed by atoms with E-state index >= 15 is 0 Å². The standard InChI is InChI=1S/C16H9BrFNO2/c17-15-11(18)6-7-12-14(15)10(16(20)21)8-13(19-12)9-4-2-1-3-5-9/h1-8H,(H,20,21). The van der Waals surface area contributed by atoms with Crippen molar-refractivity contribution < 1.29 is 14.3 Å². The summed E-state index contributed by atoms with van der Waals surface area (Å²) in [5.41, 5.74) is 1.80. The lowest BCUT2D eigenvalue weighted by molar-refractivity contribution is 0.0699. The van der Waals surface area contributed by atoms with Gasteiger partial charge >= 0.3 is 5.97 Å². The number of benzene rings is 2. The first kappa shape index (κ1) is 13.7. The lowest BCUT2D eigenvalue weighted by Gasteiger charge is -2.09. The van der Waals surface area contributed by atoms with Crippen molar-refractivity contribution in [3.05, 3.63) is 64.4 Å². The normalized spacial score (nSPS) is 10.8. The highest BCUT2D eigenvalue weighted by Crippen LogP contribution is 2.31. The van der Waals surface area contributed by atoms with E-state index in [9.17, 15) is 14.3 Å². The zero-order chi connectivity index (χ0) is 15.0. The van der Waals surface area contributed by atoms with E-state index in [0.29, 0.717) is 11.2 Å². The van der Waals surface area contributed by atoms with Crippen molar-refractivity contribution >= 4 is 32.8 Å². The van der Waals surface area contributed by atoms with Gasteiger partial charge in [-0.2, -0.15) is 0 Å². The van der Waals surface area contributed by atoms with Gasteiger partial charge in [-0.15, -0.1) is 0 Å². The Morgan fingerprint density at radius 1 is 1.14 bits per heavy atom. The SMILES string of the molecule is O=C(O)c1cc(-c2ccccc2)nc2ccc(F)c(Br)c12. The average molecular weight is 346 g/mol. The summed E-state index contributed by atoms with van der Waals surface area (Å²) >= 11 is 3.10. The van der Waals surface area contributed by atoms with Crippen molar-refractivity contribution in [1.29, 1.82) is 0 Å². The Labute approximate surface area is 128 Å². The predicted octanol–water partition coefficient (Wildman–Crippen LogP) is 4.50. The molecular weight excluding hydrogens is 337 g/mol. The number of fused-ring (bicyclic) bond motifs is 1. The smallest absolute Gasteiger partial charge is 0.336 e. The van der Waals surface area contributed by atoms with Gasteiger partial charge in [-0.25, -0.2) is 14.2 Å². The van der Waals surface area contributed by atoms with Crippen molar-refractivity contribution in [2.75, 3.05) is 0 Å². The van der Waals surface area contributed by atoms with Crippen LogP contribution in [0.25, 0.3) is 22.2 Å². The summed E-state index contributed by atoms with van der Waals surface area (Å²) in [5.74, 6) is -1.63. The summed E-state index contributed by atoms with van der Waals surface area (Å²) in [6.45, 7) is 0. The maximum Gasteiger partial charge on any atom is 0.336 e. The van der Waals surface area contributed by atoms with Gasteiger partial charge in [0.2, 0.25) is 0 Å². The number of rotatable bonds is 2. The van der Waals surface area contributed by atoms with E-state index in [0.717, 1.165) is 5.56 Å². The fourth-order valence-electron chi connectivity index (χ4n) is 2.19. The third-order valence-electron chi connectivity index (χ3n) is 3.16. The molecule has 3 rings (SSSR count). The van der Waals surface area contributed by atoms with Crippen LogP contribution in [0, 0.1) is 5.82 Å². The highest BCUT2D eigenvalue weighted by Gasteiger charge is 2.17. The Kier molecular flexibility index (Phi) is 3.43. The van der Waals surface area contributed by atoms with Crippen LogP contribution < -0.4 is 0 Å². The van der Waals surface area contributed by atoms with E-state index < -0.39 is 11.8 Å².